The summed E-state index contributed by atoms with van der Waals surface area (Å²) < 4.78 is 45.5. The van der Waals surface area contributed by atoms with Crippen molar-refractivity contribution in [1.29, 1.82) is 0 Å². The van der Waals surface area contributed by atoms with E-state index in [1.807, 2.05) is 4.90 Å². The summed E-state index contributed by atoms with van der Waals surface area (Å²) in [5, 5.41) is 0.298. The fraction of sp³-hybridized carbons (Fsp3) is 0.467. The summed E-state index contributed by atoms with van der Waals surface area (Å²) >= 11 is 6.25. The number of allylic oxidation sites excluding steroid dienone is 1. The van der Waals surface area contributed by atoms with E-state index in [-0.39, 0.29) is 17.1 Å². The molecular weight excluding hydrogens is 359 g/mol. The van der Waals surface area contributed by atoms with Crippen LogP contribution in [-0.4, -0.2) is 60.1 Å². The predicted octanol–water partition coefficient (Wildman–Crippen LogP) is 2.11. The molecule has 1 saturated heterocycles. The van der Waals surface area contributed by atoms with Crippen LogP contribution in [0.25, 0.3) is 0 Å². The van der Waals surface area contributed by atoms with Crippen molar-refractivity contribution in [2.24, 2.45) is 4.99 Å². The van der Waals surface area contributed by atoms with Crippen LogP contribution in [0.5, 0.6) is 0 Å². The number of anilines is 1. The molecule has 1 aromatic rings. The highest BCUT2D eigenvalue weighted by atomic mass is 35.5. The number of alkyl halides is 3. The minimum absolute atomic E-state index is 0.124. The van der Waals surface area contributed by atoms with Crippen molar-refractivity contribution in [3.8, 4) is 0 Å². The van der Waals surface area contributed by atoms with E-state index in [1.165, 1.54) is 6.08 Å². The third-order valence-corrected chi connectivity index (χ3v) is 4.45. The fourth-order valence-electron chi connectivity index (χ4n) is 2.77. The van der Waals surface area contributed by atoms with Gasteiger partial charge < -0.3 is 15.4 Å². The smallest absolute Gasteiger partial charge is 0.384 e. The van der Waals surface area contributed by atoms with Crippen LogP contribution in [0.3, 0.4) is 0 Å². The molecule has 0 aliphatic carbocycles. The molecule has 0 saturated carbocycles. The molecule has 1 fully saturated rings. The van der Waals surface area contributed by atoms with Crippen molar-refractivity contribution in [2.45, 2.75) is 12.5 Å². The van der Waals surface area contributed by atoms with Gasteiger partial charge in [0.15, 0.2) is 6.29 Å². The SMILES string of the molecule is CN1C(Cl)=CC(c2cnc(N)cc2C(F)(F)F)=NC1N1CCOCC1. The van der Waals surface area contributed by atoms with Gasteiger partial charge in [-0.1, -0.05) is 11.6 Å². The summed E-state index contributed by atoms with van der Waals surface area (Å²) in [6.45, 7) is 2.30. The summed E-state index contributed by atoms with van der Waals surface area (Å²) in [5.41, 5.74) is 4.52. The number of halogens is 4. The molecule has 2 N–H and O–H groups in total. The van der Waals surface area contributed by atoms with E-state index in [2.05, 4.69) is 9.98 Å². The average molecular weight is 376 g/mol. The van der Waals surface area contributed by atoms with Crippen molar-refractivity contribution in [3.05, 3.63) is 34.6 Å². The maximum atomic E-state index is 13.4. The molecule has 0 spiro atoms. The number of nitrogens with two attached hydrogens (primary N) is 1. The Balaban J connectivity index is 2.03. The topological polar surface area (TPSA) is 67.0 Å². The molecule has 1 unspecified atom stereocenters. The lowest BCUT2D eigenvalue weighted by Gasteiger charge is -2.39. The Hall–Kier alpha value is -1.84. The molecule has 25 heavy (non-hydrogen) atoms. The number of rotatable bonds is 2. The molecule has 3 rings (SSSR count). The van der Waals surface area contributed by atoms with Gasteiger partial charge in [-0.2, -0.15) is 13.2 Å². The third-order valence-electron chi connectivity index (χ3n) is 4.07. The monoisotopic (exact) mass is 375 g/mol. The van der Waals surface area contributed by atoms with Crippen LogP contribution in [0.15, 0.2) is 28.5 Å². The predicted molar refractivity (Wildman–Crippen MR) is 88.1 cm³/mol. The molecule has 2 aliphatic rings. The van der Waals surface area contributed by atoms with Crippen molar-refractivity contribution in [3.63, 3.8) is 0 Å². The molecule has 10 heteroatoms. The van der Waals surface area contributed by atoms with Gasteiger partial charge in [-0.15, -0.1) is 0 Å². The molecule has 0 bridgehead atoms. The van der Waals surface area contributed by atoms with Crippen LogP contribution < -0.4 is 5.73 Å². The summed E-state index contributed by atoms with van der Waals surface area (Å²) in [6.07, 6.45) is -2.59. The maximum absolute atomic E-state index is 13.4. The molecule has 1 aromatic heterocycles. The normalized spacial score (nSPS) is 22.6. The van der Waals surface area contributed by atoms with Gasteiger partial charge in [-0.25, -0.2) is 9.98 Å². The van der Waals surface area contributed by atoms with E-state index in [1.54, 1.807) is 11.9 Å². The highest BCUT2D eigenvalue weighted by Crippen LogP contribution is 2.34. The lowest BCUT2D eigenvalue weighted by atomic mass is 10.0. The largest absolute Gasteiger partial charge is 0.417 e. The van der Waals surface area contributed by atoms with Gasteiger partial charge in [0.1, 0.15) is 11.0 Å². The van der Waals surface area contributed by atoms with Crippen LogP contribution in [0.2, 0.25) is 0 Å². The van der Waals surface area contributed by atoms with Gasteiger partial charge in [0.05, 0.1) is 24.5 Å². The average Bonchev–Trinajstić information content (AvgIpc) is 2.57. The summed E-state index contributed by atoms with van der Waals surface area (Å²) in [5.74, 6) is -0.204. The first-order valence-electron chi connectivity index (χ1n) is 7.60. The highest BCUT2D eigenvalue weighted by Gasteiger charge is 2.36. The van der Waals surface area contributed by atoms with Crippen LogP contribution in [0.4, 0.5) is 19.0 Å². The van der Waals surface area contributed by atoms with Gasteiger partial charge in [0.2, 0.25) is 0 Å². The molecule has 0 aromatic carbocycles. The second-order valence-corrected chi connectivity index (χ2v) is 6.13. The first kappa shape index (κ1) is 18.0. The molecule has 3 heterocycles. The van der Waals surface area contributed by atoms with E-state index in [0.717, 1.165) is 12.3 Å². The Morgan fingerprint density at radius 1 is 1.32 bits per heavy atom. The van der Waals surface area contributed by atoms with Gasteiger partial charge in [0.25, 0.3) is 0 Å². The minimum atomic E-state index is -4.58. The molecule has 2 aliphatic heterocycles. The number of hydrogen-bond acceptors (Lipinski definition) is 6. The van der Waals surface area contributed by atoms with E-state index in [9.17, 15) is 13.2 Å². The first-order chi connectivity index (χ1) is 11.8. The van der Waals surface area contributed by atoms with E-state index >= 15 is 0 Å². The molecular formula is C15H17ClF3N5O. The Kier molecular flexibility index (Phi) is 4.90. The Bertz CT molecular complexity index is 716. The number of pyridine rings is 1. The Morgan fingerprint density at radius 2 is 2.00 bits per heavy atom. The Morgan fingerprint density at radius 3 is 2.64 bits per heavy atom. The lowest BCUT2D eigenvalue weighted by molar-refractivity contribution is -0.137. The highest BCUT2D eigenvalue weighted by molar-refractivity contribution is 6.32. The molecule has 1 atom stereocenters. The number of hydrogen-bond donors (Lipinski definition) is 1. The third kappa shape index (κ3) is 3.73. The van der Waals surface area contributed by atoms with Gasteiger partial charge in [-0.3, -0.25) is 4.90 Å². The summed E-state index contributed by atoms with van der Waals surface area (Å²) in [4.78, 5) is 12.0. The number of nitrogens with zero attached hydrogens (tertiary/aromatic N) is 4. The van der Waals surface area contributed by atoms with Crippen LogP contribution in [0.1, 0.15) is 11.1 Å². The van der Waals surface area contributed by atoms with Crippen molar-refractivity contribution >= 4 is 23.1 Å². The maximum Gasteiger partial charge on any atom is 0.417 e. The zero-order chi connectivity index (χ0) is 18.2. The zero-order valence-corrected chi connectivity index (χ0v) is 14.2. The lowest BCUT2D eigenvalue weighted by Crippen LogP contribution is -2.51. The van der Waals surface area contributed by atoms with E-state index in [4.69, 9.17) is 22.1 Å². The molecule has 136 valence electrons. The van der Waals surface area contributed by atoms with Crippen molar-refractivity contribution < 1.29 is 17.9 Å². The second-order valence-electron chi connectivity index (χ2n) is 5.74. The standard InChI is InChI=1S/C15H17ClF3N5O/c1-23-12(16)7-11(22-14(23)24-2-4-25-5-3-24)9-8-21-13(20)6-10(9)15(17,18)19/h6-8,14H,2-5H2,1H3,(H2,20,21). The van der Waals surface area contributed by atoms with Crippen molar-refractivity contribution in [1.82, 2.24) is 14.8 Å². The fourth-order valence-corrected chi connectivity index (χ4v) is 2.96. The number of aliphatic imine (C=N–C) groups is 1. The Labute approximate surface area is 147 Å². The molecule has 0 radical (unpaired) electrons. The van der Waals surface area contributed by atoms with E-state index in [0.29, 0.717) is 31.5 Å². The number of ether oxygens (including phenoxy) is 1. The van der Waals surface area contributed by atoms with Crippen LogP contribution in [-0.2, 0) is 10.9 Å². The van der Waals surface area contributed by atoms with E-state index < -0.39 is 18.0 Å². The summed E-state index contributed by atoms with van der Waals surface area (Å²) in [7, 11) is 1.74. The van der Waals surface area contributed by atoms with Gasteiger partial charge in [0, 0.05) is 31.9 Å². The van der Waals surface area contributed by atoms with Gasteiger partial charge in [-0.05, 0) is 12.1 Å². The molecule has 6 nitrogen and oxygen atoms in total. The van der Waals surface area contributed by atoms with Crippen molar-refractivity contribution in [2.75, 3.05) is 39.1 Å². The molecule has 0 amide bonds. The number of morpholine rings is 1. The first-order valence-corrected chi connectivity index (χ1v) is 7.98. The number of aromatic nitrogens is 1. The van der Waals surface area contributed by atoms with Crippen LogP contribution >= 0.6 is 11.6 Å². The number of nitrogen functional groups attached to an aromatic ring is 1. The van der Waals surface area contributed by atoms with Crippen LogP contribution in [0, 0.1) is 0 Å². The summed E-state index contributed by atoms with van der Waals surface area (Å²) in [6, 6.07) is 0.807. The second kappa shape index (κ2) is 6.81. The zero-order valence-electron chi connectivity index (χ0n) is 13.4. The quantitative estimate of drug-likeness (QED) is 0.802. The minimum Gasteiger partial charge on any atom is -0.384 e. The van der Waals surface area contributed by atoms with Gasteiger partial charge >= 0.3 is 6.18 Å².